The minimum absolute atomic E-state index is 0.00401. The van der Waals surface area contributed by atoms with Crippen LogP contribution in [-0.2, 0) is 0 Å². The summed E-state index contributed by atoms with van der Waals surface area (Å²) in [7, 11) is 0. The number of aromatic amines is 1. The minimum atomic E-state index is -0.00401. The van der Waals surface area contributed by atoms with E-state index in [9.17, 15) is 4.79 Å². The molecule has 0 unspecified atom stereocenters. The summed E-state index contributed by atoms with van der Waals surface area (Å²) in [6.07, 6.45) is 3.30. The molecule has 0 radical (unpaired) electrons. The van der Waals surface area contributed by atoms with Gasteiger partial charge in [0.2, 0.25) is 0 Å². The smallest absolute Gasteiger partial charge is 0.271 e. The second kappa shape index (κ2) is 7.17. The van der Waals surface area contributed by atoms with Crippen LogP contribution in [0.5, 0.6) is 11.5 Å². The van der Waals surface area contributed by atoms with Crippen molar-refractivity contribution >= 4 is 5.91 Å². The maximum absolute atomic E-state index is 12.3. The second-order valence-electron chi connectivity index (χ2n) is 5.46. The van der Waals surface area contributed by atoms with Crippen molar-refractivity contribution in [3.05, 3.63) is 42.2 Å². The van der Waals surface area contributed by atoms with Gasteiger partial charge in [0.05, 0.1) is 6.61 Å². The Labute approximate surface area is 135 Å². The zero-order valence-electron chi connectivity index (χ0n) is 13.2. The Morgan fingerprint density at radius 2 is 2.00 bits per heavy atom. The molecule has 1 aliphatic rings. The Morgan fingerprint density at radius 1 is 1.26 bits per heavy atom. The first kappa shape index (κ1) is 15.4. The van der Waals surface area contributed by atoms with Crippen LogP contribution in [0.25, 0.3) is 0 Å². The minimum Gasteiger partial charge on any atom is -0.490 e. The van der Waals surface area contributed by atoms with Gasteiger partial charge >= 0.3 is 0 Å². The molecule has 6 heteroatoms. The number of rotatable bonds is 5. The van der Waals surface area contributed by atoms with Crippen LogP contribution in [0.1, 0.15) is 30.3 Å². The van der Waals surface area contributed by atoms with E-state index in [0.29, 0.717) is 25.4 Å². The highest BCUT2D eigenvalue weighted by atomic mass is 16.5. The molecule has 6 nitrogen and oxygen atoms in total. The van der Waals surface area contributed by atoms with Crippen LogP contribution in [-0.4, -0.2) is 46.8 Å². The lowest BCUT2D eigenvalue weighted by Crippen LogP contribution is -2.42. The molecule has 122 valence electrons. The summed E-state index contributed by atoms with van der Waals surface area (Å²) in [4.78, 5) is 14.1. The van der Waals surface area contributed by atoms with Crippen LogP contribution in [0.2, 0.25) is 0 Å². The summed E-state index contributed by atoms with van der Waals surface area (Å²) in [5, 5.41) is 6.54. The molecule has 1 saturated heterocycles. The number of benzene rings is 1. The summed E-state index contributed by atoms with van der Waals surface area (Å²) in [6.45, 7) is 3.92. The van der Waals surface area contributed by atoms with E-state index in [4.69, 9.17) is 9.47 Å². The number of para-hydroxylation sites is 2. The summed E-state index contributed by atoms with van der Waals surface area (Å²) in [6, 6.07) is 9.41. The van der Waals surface area contributed by atoms with Crippen molar-refractivity contribution in [2.24, 2.45) is 0 Å². The van der Waals surface area contributed by atoms with Gasteiger partial charge in [0.1, 0.15) is 11.8 Å². The lowest BCUT2D eigenvalue weighted by molar-refractivity contribution is 0.0584. The Kier molecular flexibility index (Phi) is 4.80. The highest BCUT2D eigenvalue weighted by Gasteiger charge is 2.25. The van der Waals surface area contributed by atoms with Crippen molar-refractivity contribution in [3.8, 4) is 11.5 Å². The molecule has 2 aromatic rings. The van der Waals surface area contributed by atoms with Gasteiger partial charge in [-0.1, -0.05) is 12.1 Å². The number of nitrogens with one attached hydrogen (secondary N) is 1. The fourth-order valence-corrected chi connectivity index (χ4v) is 2.72. The predicted octanol–water partition coefficient (Wildman–Crippen LogP) is 2.49. The number of nitrogens with zero attached hydrogens (tertiary/aromatic N) is 2. The van der Waals surface area contributed by atoms with Crippen molar-refractivity contribution in [1.82, 2.24) is 15.1 Å². The SMILES string of the molecule is CCOc1ccccc1OC1CCN(C(=O)c2ccn[nH]2)CC1. The van der Waals surface area contributed by atoms with E-state index < -0.39 is 0 Å². The molecule has 1 amide bonds. The zero-order valence-corrected chi connectivity index (χ0v) is 13.2. The van der Waals surface area contributed by atoms with Crippen LogP contribution in [0.15, 0.2) is 36.5 Å². The number of H-pyrrole nitrogens is 1. The molecule has 1 aromatic carbocycles. The number of carbonyl (C=O) groups is 1. The number of carbonyl (C=O) groups excluding carboxylic acids is 1. The standard InChI is InChI=1S/C17H21N3O3/c1-2-22-15-5-3-4-6-16(15)23-13-8-11-20(12-9-13)17(21)14-7-10-18-19-14/h3-7,10,13H,2,8-9,11-12H2,1H3,(H,18,19). The van der Waals surface area contributed by atoms with E-state index in [1.54, 1.807) is 12.3 Å². The van der Waals surface area contributed by atoms with E-state index in [1.165, 1.54) is 0 Å². The quantitative estimate of drug-likeness (QED) is 0.920. The molecular formula is C17H21N3O3. The van der Waals surface area contributed by atoms with E-state index in [0.717, 1.165) is 24.3 Å². The first-order chi connectivity index (χ1) is 11.3. The van der Waals surface area contributed by atoms with E-state index in [-0.39, 0.29) is 12.0 Å². The molecule has 3 rings (SSSR count). The topological polar surface area (TPSA) is 67.5 Å². The van der Waals surface area contributed by atoms with Crippen molar-refractivity contribution in [2.75, 3.05) is 19.7 Å². The molecule has 1 aromatic heterocycles. The largest absolute Gasteiger partial charge is 0.490 e. The highest BCUT2D eigenvalue weighted by molar-refractivity contribution is 5.92. The first-order valence-corrected chi connectivity index (χ1v) is 7.95. The first-order valence-electron chi connectivity index (χ1n) is 7.95. The average Bonchev–Trinajstić information content (AvgIpc) is 3.11. The fraction of sp³-hybridized carbons (Fsp3) is 0.412. The molecule has 1 fully saturated rings. The van der Waals surface area contributed by atoms with Gasteiger partial charge in [0.15, 0.2) is 11.5 Å². The number of hydrogen-bond donors (Lipinski definition) is 1. The molecule has 2 heterocycles. The number of likely N-dealkylation sites (tertiary alicyclic amines) is 1. The summed E-state index contributed by atoms with van der Waals surface area (Å²) >= 11 is 0. The third-order valence-corrected chi connectivity index (χ3v) is 3.90. The highest BCUT2D eigenvalue weighted by Crippen LogP contribution is 2.29. The van der Waals surface area contributed by atoms with Gasteiger partial charge in [0.25, 0.3) is 5.91 Å². The third kappa shape index (κ3) is 3.64. The van der Waals surface area contributed by atoms with E-state index in [1.807, 2.05) is 36.1 Å². The summed E-state index contributed by atoms with van der Waals surface area (Å²) in [5.74, 6) is 1.54. The Hall–Kier alpha value is -2.50. The van der Waals surface area contributed by atoms with Crippen LogP contribution < -0.4 is 9.47 Å². The molecule has 0 atom stereocenters. The molecule has 0 bridgehead atoms. The third-order valence-electron chi connectivity index (χ3n) is 3.90. The molecule has 23 heavy (non-hydrogen) atoms. The molecule has 0 aliphatic carbocycles. The maximum atomic E-state index is 12.3. The molecule has 1 aliphatic heterocycles. The van der Waals surface area contributed by atoms with Crippen molar-refractivity contribution in [2.45, 2.75) is 25.9 Å². The lowest BCUT2D eigenvalue weighted by Gasteiger charge is -2.32. The molecule has 0 spiro atoms. The molecule has 1 N–H and O–H groups in total. The zero-order chi connectivity index (χ0) is 16.1. The van der Waals surface area contributed by atoms with Gasteiger partial charge < -0.3 is 14.4 Å². The van der Waals surface area contributed by atoms with Crippen LogP contribution in [0.3, 0.4) is 0 Å². The van der Waals surface area contributed by atoms with Gasteiger partial charge in [-0.15, -0.1) is 0 Å². The van der Waals surface area contributed by atoms with Crippen LogP contribution >= 0.6 is 0 Å². The van der Waals surface area contributed by atoms with Crippen molar-refractivity contribution in [3.63, 3.8) is 0 Å². The van der Waals surface area contributed by atoms with Gasteiger partial charge in [0, 0.05) is 32.1 Å². The van der Waals surface area contributed by atoms with Gasteiger partial charge in [-0.25, -0.2) is 0 Å². The number of ether oxygens (including phenoxy) is 2. The van der Waals surface area contributed by atoms with Gasteiger partial charge in [-0.2, -0.15) is 5.10 Å². The summed E-state index contributed by atoms with van der Waals surface area (Å²) < 4.78 is 11.7. The average molecular weight is 315 g/mol. The fourth-order valence-electron chi connectivity index (χ4n) is 2.72. The number of amides is 1. The normalized spacial score (nSPS) is 15.4. The Bertz CT molecular complexity index is 634. The van der Waals surface area contributed by atoms with E-state index in [2.05, 4.69) is 10.2 Å². The molecular weight excluding hydrogens is 294 g/mol. The van der Waals surface area contributed by atoms with E-state index >= 15 is 0 Å². The Morgan fingerprint density at radius 3 is 2.65 bits per heavy atom. The summed E-state index contributed by atoms with van der Waals surface area (Å²) in [5.41, 5.74) is 0.533. The molecule has 0 saturated carbocycles. The van der Waals surface area contributed by atoms with Crippen molar-refractivity contribution < 1.29 is 14.3 Å². The number of aromatic nitrogens is 2. The Balaban J connectivity index is 1.56. The number of hydrogen-bond acceptors (Lipinski definition) is 4. The van der Waals surface area contributed by atoms with Gasteiger partial charge in [-0.05, 0) is 25.1 Å². The van der Waals surface area contributed by atoms with Crippen LogP contribution in [0.4, 0.5) is 0 Å². The van der Waals surface area contributed by atoms with Crippen LogP contribution in [0, 0.1) is 0 Å². The predicted molar refractivity (Wildman–Crippen MR) is 85.8 cm³/mol. The van der Waals surface area contributed by atoms with Crippen molar-refractivity contribution in [1.29, 1.82) is 0 Å². The monoisotopic (exact) mass is 315 g/mol. The maximum Gasteiger partial charge on any atom is 0.271 e. The number of piperidine rings is 1. The second-order valence-corrected chi connectivity index (χ2v) is 5.46. The lowest BCUT2D eigenvalue weighted by atomic mass is 10.1. The van der Waals surface area contributed by atoms with Gasteiger partial charge in [-0.3, -0.25) is 9.89 Å².